The number of esters is 1. The van der Waals surface area contributed by atoms with Crippen LogP contribution in [0, 0.1) is 0 Å². The Kier molecular flexibility index (Phi) is 2.75. The van der Waals surface area contributed by atoms with E-state index in [2.05, 4.69) is 0 Å². The van der Waals surface area contributed by atoms with Crippen LogP contribution in [0.5, 0.6) is 0 Å². The monoisotopic (exact) mass is 240 g/mol. The second kappa shape index (κ2) is 4.08. The molecule has 0 aliphatic carbocycles. The van der Waals surface area contributed by atoms with E-state index in [0.29, 0.717) is 11.3 Å². The number of benzene rings is 1. The lowest BCUT2D eigenvalue weighted by Gasteiger charge is -2.06. The van der Waals surface area contributed by atoms with Crippen LogP contribution in [0.3, 0.4) is 0 Å². The van der Waals surface area contributed by atoms with Crippen molar-refractivity contribution in [3.8, 4) is 0 Å². The largest absolute Gasteiger partial charge is 0.423 e. The van der Waals surface area contributed by atoms with Gasteiger partial charge >= 0.3 is 12.1 Å². The molecule has 1 aromatic rings. The molecular weight excluding hydrogens is 233 g/mol. The summed E-state index contributed by atoms with van der Waals surface area (Å²) in [5.74, 6) is -0.169. The predicted molar refractivity (Wildman–Crippen MR) is 54.7 cm³/mol. The molecule has 1 aromatic carbocycles. The Bertz CT molecular complexity index is 495. The molecule has 2 rings (SSSR count). The zero-order chi connectivity index (χ0) is 12.5. The van der Waals surface area contributed by atoms with E-state index in [9.17, 15) is 18.0 Å². The van der Waals surface area contributed by atoms with Crippen molar-refractivity contribution in [1.29, 1.82) is 0 Å². The van der Waals surface area contributed by atoms with Gasteiger partial charge in [-0.25, -0.2) is 4.79 Å². The summed E-state index contributed by atoms with van der Waals surface area (Å²) in [6.07, 6.45) is -0.150. The Morgan fingerprint density at radius 2 is 1.71 bits per heavy atom. The first-order valence-electron chi connectivity index (χ1n) is 4.74. The SMILES string of the molecule is O=C1C=C/C(=C\c2ccc(C(F)(F)F)cc2)O1. The summed E-state index contributed by atoms with van der Waals surface area (Å²) in [4.78, 5) is 10.7. The average molecular weight is 240 g/mol. The minimum absolute atomic E-state index is 0.315. The van der Waals surface area contributed by atoms with Gasteiger partial charge < -0.3 is 4.74 Å². The van der Waals surface area contributed by atoms with Gasteiger partial charge in [0.05, 0.1) is 5.56 Å². The number of cyclic esters (lactones) is 1. The molecule has 17 heavy (non-hydrogen) atoms. The molecule has 0 bridgehead atoms. The van der Waals surface area contributed by atoms with Crippen molar-refractivity contribution in [2.24, 2.45) is 0 Å². The molecule has 0 radical (unpaired) electrons. The number of allylic oxidation sites excluding steroid dienone is 1. The minimum Gasteiger partial charge on any atom is -0.423 e. The maximum absolute atomic E-state index is 12.3. The highest BCUT2D eigenvalue weighted by atomic mass is 19.4. The fourth-order valence-electron chi connectivity index (χ4n) is 1.34. The van der Waals surface area contributed by atoms with Crippen molar-refractivity contribution >= 4 is 12.0 Å². The number of alkyl halides is 3. The van der Waals surface area contributed by atoms with Crippen LogP contribution in [0.2, 0.25) is 0 Å². The number of hydrogen-bond acceptors (Lipinski definition) is 2. The van der Waals surface area contributed by atoms with E-state index in [1.165, 1.54) is 30.4 Å². The molecule has 0 aromatic heterocycles. The van der Waals surface area contributed by atoms with Crippen LogP contribution in [0.25, 0.3) is 6.08 Å². The first-order valence-corrected chi connectivity index (χ1v) is 4.74. The number of hydrogen-bond donors (Lipinski definition) is 0. The lowest BCUT2D eigenvalue weighted by molar-refractivity contribution is -0.137. The Hall–Kier alpha value is -2.04. The Morgan fingerprint density at radius 3 is 2.18 bits per heavy atom. The van der Waals surface area contributed by atoms with E-state index in [4.69, 9.17) is 4.74 Å². The number of rotatable bonds is 1. The molecule has 88 valence electrons. The van der Waals surface area contributed by atoms with Gasteiger partial charge in [0.1, 0.15) is 5.76 Å². The van der Waals surface area contributed by atoms with Crippen LogP contribution in [-0.2, 0) is 15.7 Å². The number of halogens is 3. The zero-order valence-corrected chi connectivity index (χ0v) is 8.49. The van der Waals surface area contributed by atoms with E-state index in [-0.39, 0.29) is 0 Å². The predicted octanol–water partition coefficient (Wildman–Crippen LogP) is 3.16. The summed E-state index contributed by atoms with van der Waals surface area (Å²) < 4.78 is 41.6. The summed E-state index contributed by atoms with van der Waals surface area (Å²) in [6.45, 7) is 0. The van der Waals surface area contributed by atoms with Gasteiger partial charge in [0.25, 0.3) is 0 Å². The average Bonchev–Trinajstić information content (AvgIpc) is 2.63. The Labute approximate surface area is 95.0 Å². The van der Waals surface area contributed by atoms with Crippen molar-refractivity contribution < 1.29 is 22.7 Å². The van der Waals surface area contributed by atoms with Gasteiger partial charge in [-0.3, -0.25) is 0 Å². The lowest BCUT2D eigenvalue weighted by Crippen LogP contribution is -2.04. The van der Waals surface area contributed by atoms with Gasteiger partial charge in [-0.15, -0.1) is 0 Å². The summed E-state index contributed by atoms with van der Waals surface area (Å²) in [7, 11) is 0. The van der Waals surface area contributed by atoms with Crippen molar-refractivity contribution in [1.82, 2.24) is 0 Å². The smallest absolute Gasteiger partial charge is 0.416 e. The van der Waals surface area contributed by atoms with Crippen molar-refractivity contribution in [3.63, 3.8) is 0 Å². The normalized spacial score (nSPS) is 17.6. The Balaban J connectivity index is 2.20. The third-order valence-corrected chi connectivity index (χ3v) is 2.15. The fraction of sp³-hybridized carbons (Fsp3) is 0.0833. The van der Waals surface area contributed by atoms with Gasteiger partial charge in [-0.1, -0.05) is 12.1 Å². The third kappa shape index (κ3) is 2.75. The molecule has 5 heteroatoms. The second-order valence-electron chi connectivity index (χ2n) is 3.42. The molecule has 2 nitrogen and oxygen atoms in total. The molecule has 0 unspecified atom stereocenters. The zero-order valence-electron chi connectivity index (χ0n) is 8.49. The van der Waals surface area contributed by atoms with Crippen LogP contribution in [-0.4, -0.2) is 5.97 Å². The van der Waals surface area contributed by atoms with Gasteiger partial charge in [-0.2, -0.15) is 13.2 Å². The number of ether oxygens (including phenoxy) is 1. The molecule has 0 fully saturated rings. The van der Waals surface area contributed by atoms with Crippen molar-refractivity contribution in [2.45, 2.75) is 6.18 Å². The molecule has 1 aliphatic heterocycles. The van der Waals surface area contributed by atoms with Crippen LogP contribution in [0.1, 0.15) is 11.1 Å². The standard InChI is InChI=1S/C12H7F3O2/c13-12(14,15)9-3-1-8(2-4-9)7-10-5-6-11(16)17-10/h1-7H/b10-7+. The summed E-state index contributed by atoms with van der Waals surface area (Å²) >= 11 is 0. The quantitative estimate of drug-likeness (QED) is 0.705. The van der Waals surface area contributed by atoms with Crippen molar-refractivity contribution in [3.05, 3.63) is 53.3 Å². The van der Waals surface area contributed by atoms with Crippen molar-refractivity contribution in [2.75, 3.05) is 0 Å². The molecule has 0 spiro atoms. The first-order chi connectivity index (χ1) is 7.95. The third-order valence-electron chi connectivity index (χ3n) is 2.15. The topological polar surface area (TPSA) is 26.3 Å². The van der Waals surface area contributed by atoms with E-state index in [0.717, 1.165) is 12.1 Å². The summed E-state index contributed by atoms with van der Waals surface area (Å²) in [5.41, 5.74) is -0.175. The maximum atomic E-state index is 12.3. The molecule has 0 saturated heterocycles. The molecule has 0 atom stereocenters. The molecule has 1 aliphatic rings. The summed E-state index contributed by atoms with van der Waals surface area (Å²) in [6, 6.07) is 4.59. The van der Waals surface area contributed by atoms with Gasteiger partial charge in [0, 0.05) is 6.08 Å². The van der Waals surface area contributed by atoms with Crippen LogP contribution < -0.4 is 0 Å². The minimum atomic E-state index is -4.34. The maximum Gasteiger partial charge on any atom is 0.416 e. The highest BCUT2D eigenvalue weighted by Gasteiger charge is 2.29. The van der Waals surface area contributed by atoms with Crippen LogP contribution in [0.4, 0.5) is 13.2 Å². The van der Waals surface area contributed by atoms with Crippen LogP contribution in [0.15, 0.2) is 42.2 Å². The van der Waals surface area contributed by atoms with E-state index in [1.54, 1.807) is 0 Å². The molecule has 1 heterocycles. The first kappa shape index (κ1) is 11.4. The van der Waals surface area contributed by atoms with Gasteiger partial charge in [0.2, 0.25) is 0 Å². The van der Waals surface area contributed by atoms with E-state index >= 15 is 0 Å². The summed E-state index contributed by atoms with van der Waals surface area (Å²) in [5, 5.41) is 0. The van der Waals surface area contributed by atoms with E-state index < -0.39 is 17.7 Å². The number of carbonyl (C=O) groups excluding carboxylic acids is 1. The highest BCUT2D eigenvalue weighted by Crippen LogP contribution is 2.29. The van der Waals surface area contributed by atoms with Gasteiger partial charge in [-0.05, 0) is 29.8 Å². The molecule has 0 saturated carbocycles. The second-order valence-corrected chi connectivity index (χ2v) is 3.42. The fourth-order valence-corrected chi connectivity index (χ4v) is 1.34. The van der Waals surface area contributed by atoms with Crippen LogP contribution >= 0.6 is 0 Å². The number of carbonyl (C=O) groups is 1. The molecular formula is C12H7F3O2. The highest BCUT2D eigenvalue weighted by molar-refractivity contribution is 5.87. The molecule has 0 amide bonds. The molecule has 0 N–H and O–H groups in total. The van der Waals surface area contributed by atoms with Gasteiger partial charge in [0.15, 0.2) is 0 Å². The van der Waals surface area contributed by atoms with E-state index in [1.807, 2.05) is 0 Å². The Morgan fingerprint density at radius 1 is 1.06 bits per heavy atom. The lowest BCUT2D eigenvalue weighted by atomic mass is 10.1.